The summed E-state index contributed by atoms with van der Waals surface area (Å²) in [5.41, 5.74) is 1.90. The van der Waals surface area contributed by atoms with Gasteiger partial charge in [0, 0.05) is 0 Å². The number of carbonyl (C=O) groups excluding carboxylic acids is 4. The van der Waals surface area contributed by atoms with Gasteiger partial charge in [0.2, 0.25) is 0 Å². The number of fused-ring (bicyclic) bond motifs is 3. The van der Waals surface area contributed by atoms with Crippen molar-refractivity contribution in [2.75, 3.05) is 0 Å². The van der Waals surface area contributed by atoms with Gasteiger partial charge in [-0.05, 0) is 31.6 Å². The molecule has 0 aromatic heterocycles. The summed E-state index contributed by atoms with van der Waals surface area (Å²) in [5, 5.41) is 0. The van der Waals surface area contributed by atoms with Crippen LogP contribution in [0.4, 0.5) is 0 Å². The summed E-state index contributed by atoms with van der Waals surface area (Å²) in [5.74, 6) is -3.87. The van der Waals surface area contributed by atoms with E-state index in [2.05, 4.69) is 6.08 Å². The molecule has 0 aromatic carbocycles. The van der Waals surface area contributed by atoms with Crippen molar-refractivity contribution >= 4 is 23.9 Å². The number of esters is 4. The molecule has 2 heterocycles. The first-order valence-corrected chi connectivity index (χ1v) is 7.84. The van der Waals surface area contributed by atoms with Crippen molar-refractivity contribution in [2.24, 2.45) is 29.6 Å². The minimum Gasteiger partial charge on any atom is -0.393 e. The topological polar surface area (TPSA) is 86.7 Å². The molecule has 0 amide bonds. The summed E-state index contributed by atoms with van der Waals surface area (Å²) in [6.07, 6.45) is 5.13. The minimum atomic E-state index is -0.551. The quantitative estimate of drug-likeness (QED) is 0.535. The van der Waals surface area contributed by atoms with E-state index in [4.69, 9.17) is 9.47 Å². The normalized spacial score (nSPS) is 39.3. The van der Waals surface area contributed by atoms with Gasteiger partial charge in [-0.2, -0.15) is 0 Å². The highest BCUT2D eigenvalue weighted by atomic mass is 16.6. The van der Waals surface area contributed by atoms with Crippen LogP contribution in [0.2, 0.25) is 0 Å². The van der Waals surface area contributed by atoms with Gasteiger partial charge in [0.25, 0.3) is 0 Å². The Balaban J connectivity index is 1.74. The second-order valence-corrected chi connectivity index (χ2v) is 6.76. The van der Waals surface area contributed by atoms with Gasteiger partial charge in [-0.15, -0.1) is 0 Å². The first kappa shape index (κ1) is 14.4. The third kappa shape index (κ3) is 2.08. The van der Waals surface area contributed by atoms with Gasteiger partial charge in [0.15, 0.2) is 0 Å². The van der Waals surface area contributed by atoms with Crippen molar-refractivity contribution in [1.29, 1.82) is 0 Å². The highest BCUT2D eigenvalue weighted by Gasteiger charge is 2.56. The van der Waals surface area contributed by atoms with E-state index in [0.29, 0.717) is 12.8 Å². The van der Waals surface area contributed by atoms with Gasteiger partial charge in [0.1, 0.15) is 0 Å². The van der Waals surface area contributed by atoms with Gasteiger partial charge >= 0.3 is 23.9 Å². The molecule has 0 bridgehead atoms. The van der Waals surface area contributed by atoms with Crippen molar-refractivity contribution in [2.45, 2.75) is 26.2 Å². The molecule has 0 aromatic rings. The Kier molecular flexibility index (Phi) is 3.04. The molecule has 6 heteroatoms. The molecule has 1 saturated carbocycles. The zero-order valence-corrected chi connectivity index (χ0v) is 12.6. The van der Waals surface area contributed by atoms with Crippen molar-refractivity contribution < 1.29 is 28.7 Å². The minimum absolute atomic E-state index is 0.0261. The Morgan fingerprint density at radius 3 is 2.39 bits per heavy atom. The lowest BCUT2D eigenvalue weighted by Gasteiger charge is -2.41. The van der Waals surface area contributed by atoms with Crippen LogP contribution in [0.3, 0.4) is 0 Å². The molecule has 3 fully saturated rings. The molecule has 120 valence electrons. The Hall–Kier alpha value is -2.24. The van der Waals surface area contributed by atoms with E-state index in [0.717, 1.165) is 11.1 Å². The number of cyclic esters (lactones) is 4. The highest BCUT2D eigenvalue weighted by molar-refractivity contribution is 5.99. The summed E-state index contributed by atoms with van der Waals surface area (Å²) < 4.78 is 9.52. The summed E-state index contributed by atoms with van der Waals surface area (Å²) in [6.45, 7) is 1.94. The Morgan fingerprint density at radius 1 is 0.957 bits per heavy atom. The number of hydrogen-bond acceptors (Lipinski definition) is 6. The van der Waals surface area contributed by atoms with E-state index in [-0.39, 0.29) is 18.3 Å². The van der Waals surface area contributed by atoms with Crippen molar-refractivity contribution in [3.63, 3.8) is 0 Å². The molecule has 0 spiro atoms. The molecule has 2 saturated heterocycles. The monoisotopic (exact) mass is 316 g/mol. The molecule has 2 aliphatic heterocycles. The van der Waals surface area contributed by atoms with Gasteiger partial charge in [0.05, 0.1) is 24.2 Å². The number of allylic oxidation sites excluding steroid dienone is 3. The maximum absolute atomic E-state index is 12.1. The van der Waals surface area contributed by atoms with Gasteiger partial charge in [-0.1, -0.05) is 23.3 Å². The predicted octanol–water partition coefficient (Wildman–Crippen LogP) is 1.30. The van der Waals surface area contributed by atoms with Gasteiger partial charge < -0.3 is 9.47 Å². The van der Waals surface area contributed by atoms with Crippen LogP contribution < -0.4 is 0 Å². The summed E-state index contributed by atoms with van der Waals surface area (Å²) in [4.78, 5) is 47.5. The molecule has 2 aliphatic carbocycles. The number of hydrogen-bond donors (Lipinski definition) is 0. The maximum Gasteiger partial charge on any atom is 0.321 e. The molecule has 0 radical (unpaired) electrons. The van der Waals surface area contributed by atoms with Crippen LogP contribution in [0, 0.1) is 29.6 Å². The van der Waals surface area contributed by atoms with Gasteiger partial charge in [-0.3, -0.25) is 19.2 Å². The average Bonchev–Trinajstić information content (AvgIpc) is 2.97. The van der Waals surface area contributed by atoms with E-state index in [1.165, 1.54) is 0 Å². The maximum atomic E-state index is 12.1. The second-order valence-electron chi connectivity index (χ2n) is 6.76. The molecule has 0 N–H and O–H groups in total. The standard InChI is InChI=1S/C17H16O6/c1-7-2-3-8-9(11-6-13(18)22-15(11)19)5-12-14(10(8)4-7)17(21)23-16(12)20/h2,4,8-9,11-12,14H,3,5-6H2,1H3. The van der Waals surface area contributed by atoms with E-state index in [1.807, 2.05) is 13.0 Å². The lowest BCUT2D eigenvalue weighted by atomic mass is 9.60. The molecule has 23 heavy (non-hydrogen) atoms. The zero-order valence-electron chi connectivity index (χ0n) is 12.6. The van der Waals surface area contributed by atoms with Crippen molar-refractivity contribution in [3.05, 3.63) is 23.3 Å². The van der Waals surface area contributed by atoms with E-state index in [9.17, 15) is 19.2 Å². The summed E-state index contributed by atoms with van der Waals surface area (Å²) in [7, 11) is 0. The molecule has 6 nitrogen and oxygen atoms in total. The molecule has 5 unspecified atom stereocenters. The molecule has 4 rings (SSSR count). The lowest BCUT2D eigenvalue weighted by Crippen LogP contribution is -2.41. The average molecular weight is 316 g/mol. The van der Waals surface area contributed by atoms with Crippen LogP contribution >= 0.6 is 0 Å². The van der Waals surface area contributed by atoms with Crippen LogP contribution in [0.5, 0.6) is 0 Å². The van der Waals surface area contributed by atoms with Gasteiger partial charge in [-0.25, -0.2) is 0 Å². The third-order valence-corrected chi connectivity index (χ3v) is 5.50. The molecular weight excluding hydrogens is 300 g/mol. The van der Waals surface area contributed by atoms with Crippen LogP contribution in [-0.2, 0) is 28.7 Å². The van der Waals surface area contributed by atoms with E-state index < -0.39 is 41.6 Å². The Morgan fingerprint density at radius 2 is 1.70 bits per heavy atom. The summed E-state index contributed by atoms with van der Waals surface area (Å²) >= 11 is 0. The predicted molar refractivity (Wildman–Crippen MR) is 75.3 cm³/mol. The highest BCUT2D eigenvalue weighted by Crippen LogP contribution is 2.52. The molecule has 5 atom stereocenters. The first-order chi connectivity index (χ1) is 11.0. The van der Waals surface area contributed by atoms with E-state index in [1.54, 1.807) is 0 Å². The van der Waals surface area contributed by atoms with E-state index >= 15 is 0 Å². The van der Waals surface area contributed by atoms with Crippen LogP contribution in [0.1, 0.15) is 26.2 Å². The fourth-order valence-electron chi connectivity index (χ4n) is 4.48. The lowest BCUT2D eigenvalue weighted by molar-refractivity contribution is -0.156. The molecular formula is C17H16O6. The number of rotatable bonds is 1. The summed E-state index contributed by atoms with van der Waals surface area (Å²) in [6, 6.07) is 0. The van der Waals surface area contributed by atoms with Crippen LogP contribution in [0.15, 0.2) is 23.3 Å². The number of ether oxygens (including phenoxy) is 2. The zero-order chi connectivity index (χ0) is 16.3. The first-order valence-electron chi connectivity index (χ1n) is 7.84. The van der Waals surface area contributed by atoms with Crippen LogP contribution in [-0.4, -0.2) is 23.9 Å². The Bertz CT molecular complexity index is 700. The van der Waals surface area contributed by atoms with Crippen molar-refractivity contribution in [1.82, 2.24) is 0 Å². The fourth-order valence-corrected chi connectivity index (χ4v) is 4.48. The Labute approximate surface area is 132 Å². The second kappa shape index (κ2) is 4.88. The fraction of sp³-hybridized carbons (Fsp3) is 0.529. The SMILES string of the molecule is CC1=CCC2C(=C1)C1C(=O)OC(=O)C1CC2C1CC(=O)OC1=O. The number of carbonyl (C=O) groups is 4. The largest absolute Gasteiger partial charge is 0.393 e. The van der Waals surface area contributed by atoms with Crippen molar-refractivity contribution in [3.8, 4) is 0 Å². The smallest absolute Gasteiger partial charge is 0.321 e. The molecule has 4 aliphatic rings. The third-order valence-electron chi connectivity index (χ3n) is 5.50. The van der Waals surface area contributed by atoms with Crippen LogP contribution in [0.25, 0.3) is 0 Å².